The number of aryl methyl sites for hydroxylation is 1. The SMILES string of the molecule is Cc1[nH]nc(C(=O)N2CCOC3CCCCC32)c1N. The number of amides is 1. The number of carbonyl (C=O) groups is 1. The Hall–Kier alpha value is -1.56. The van der Waals surface area contributed by atoms with Crippen LogP contribution in [0, 0.1) is 6.92 Å². The van der Waals surface area contributed by atoms with Crippen molar-refractivity contribution in [1.82, 2.24) is 15.1 Å². The van der Waals surface area contributed by atoms with E-state index in [-0.39, 0.29) is 18.1 Å². The maximum Gasteiger partial charge on any atom is 0.276 e. The fourth-order valence-corrected chi connectivity index (χ4v) is 3.09. The first-order valence-electron chi connectivity index (χ1n) is 6.91. The van der Waals surface area contributed by atoms with E-state index in [4.69, 9.17) is 10.5 Å². The Morgan fingerprint density at radius 2 is 2.26 bits per heavy atom. The number of aromatic amines is 1. The molecule has 0 spiro atoms. The van der Waals surface area contributed by atoms with E-state index in [9.17, 15) is 4.79 Å². The zero-order chi connectivity index (χ0) is 13.4. The van der Waals surface area contributed by atoms with Crippen molar-refractivity contribution in [3.63, 3.8) is 0 Å². The van der Waals surface area contributed by atoms with Crippen molar-refractivity contribution in [1.29, 1.82) is 0 Å². The average molecular weight is 264 g/mol. The van der Waals surface area contributed by atoms with Crippen LogP contribution >= 0.6 is 0 Å². The number of morpholine rings is 1. The van der Waals surface area contributed by atoms with Crippen LogP contribution in [0.4, 0.5) is 5.69 Å². The number of ether oxygens (including phenoxy) is 1. The van der Waals surface area contributed by atoms with Gasteiger partial charge in [0.05, 0.1) is 30.1 Å². The molecule has 1 saturated carbocycles. The van der Waals surface area contributed by atoms with Gasteiger partial charge in [0, 0.05) is 6.54 Å². The highest BCUT2D eigenvalue weighted by Gasteiger charge is 2.38. The Kier molecular flexibility index (Phi) is 3.18. The molecule has 1 amide bonds. The van der Waals surface area contributed by atoms with Crippen LogP contribution in [0.2, 0.25) is 0 Å². The lowest BCUT2D eigenvalue weighted by Crippen LogP contribution is -2.55. The molecule has 0 bridgehead atoms. The maximum atomic E-state index is 12.6. The summed E-state index contributed by atoms with van der Waals surface area (Å²) < 4.78 is 5.78. The third kappa shape index (κ3) is 2.10. The van der Waals surface area contributed by atoms with Crippen LogP contribution in [-0.4, -0.2) is 46.3 Å². The zero-order valence-corrected chi connectivity index (χ0v) is 11.2. The number of hydrogen-bond acceptors (Lipinski definition) is 4. The highest BCUT2D eigenvalue weighted by molar-refractivity contribution is 5.97. The van der Waals surface area contributed by atoms with Crippen molar-refractivity contribution in [2.75, 3.05) is 18.9 Å². The number of nitrogens with zero attached hydrogens (tertiary/aromatic N) is 2. The molecule has 104 valence electrons. The number of nitrogens with two attached hydrogens (primary N) is 1. The standard InChI is InChI=1S/C13H20N4O2/c1-8-11(14)12(16-15-8)13(18)17-6-7-19-10-5-3-2-4-9(10)17/h9-10H,2-7,14H2,1H3,(H,15,16). The molecule has 2 heterocycles. The topological polar surface area (TPSA) is 84.2 Å². The number of nitrogen functional groups attached to an aromatic ring is 1. The second-order valence-corrected chi connectivity index (χ2v) is 5.37. The van der Waals surface area contributed by atoms with Crippen LogP contribution in [0.3, 0.4) is 0 Å². The molecule has 3 N–H and O–H groups in total. The van der Waals surface area contributed by atoms with Crippen LogP contribution in [-0.2, 0) is 4.74 Å². The van der Waals surface area contributed by atoms with Crippen molar-refractivity contribution < 1.29 is 9.53 Å². The van der Waals surface area contributed by atoms with Crippen LogP contribution in [0.15, 0.2) is 0 Å². The van der Waals surface area contributed by atoms with Crippen molar-refractivity contribution >= 4 is 11.6 Å². The molecule has 2 atom stereocenters. The molecular formula is C13H20N4O2. The van der Waals surface area contributed by atoms with E-state index < -0.39 is 0 Å². The molecule has 2 aliphatic rings. The minimum atomic E-state index is -0.0675. The Morgan fingerprint density at radius 3 is 3.00 bits per heavy atom. The van der Waals surface area contributed by atoms with Crippen molar-refractivity contribution in [2.45, 2.75) is 44.8 Å². The molecule has 2 unspecified atom stereocenters. The number of anilines is 1. The highest BCUT2D eigenvalue weighted by atomic mass is 16.5. The maximum absolute atomic E-state index is 12.6. The molecule has 19 heavy (non-hydrogen) atoms. The van der Waals surface area contributed by atoms with Gasteiger partial charge in [0.15, 0.2) is 5.69 Å². The quantitative estimate of drug-likeness (QED) is 0.795. The molecule has 2 fully saturated rings. The van der Waals surface area contributed by atoms with Gasteiger partial charge in [-0.1, -0.05) is 12.8 Å². The molecule has 1 saturated heterocycles. The second-order valence-electron chi connectivity index (χ2n) is 5.37. The summed E-state index contributed by atoms with van der Waals surface area (Å²) >= 11 is 0. The fourth-order valence-electron chi connectivity index (χ4n) is 3.09. The van der Waals surface area contributed by atoms with Gasteiger partial charge in [-0.25, -0.2) is 0 Å². The van der Waals surface area contributed by atoms with Gasteiger partial charge in [-0.3, -0.25) is 9.89 Å². The molecule has 6 nitrogen and oxygen atoms in total. The fraction of sp³-hybridized carbons (Fsp3) is 0.692. The first-order valence-corrected chi connectivity index (χ1v) is 6.91. The highest BCUT2D eigenvalue weighted by Crippen LogP contribution is 2.30. The number of nitrogens with one attached hydrogen (secondary N) is 1. The van der Waals surface area contributed by atoms with E-state index in [2.05, 4.69) is 10.2 Å². The van der Waals surface area contributed by atoms with Gasteiger partial charge in [0.2, 0.25) is 0 Å². The predicted octanol–water partition coefficient (Wildman–Crippen LogP) is 1.08. The molecule has 1 aliphatic heterocycles. The first kappa shape index (κ1) is 12.5. The van der Waals surface area contributed by atoms with Gasteiger partial charge < -0.3 is 15.4 Å². The number of hydrogen-bond donors (Lipinski definition) is 2. The summed E-state index contributed by atoms with van der Waals surface area (Å²) in [4.78, 5) is 14.5. The summed E-state index contributed by atoms with van der Waals surface area (Å²) in [5.41, 5.74) is 7.47. The number of H-pyrrole nitrogens is 1. The van der Waals surface area contributed by atoms with Gasteiger partial charge in [0.25, 0.3) is 5.91 Å². The number of carbonyl (C=O) groups excluding carboxylic acids is 1. The average Bonchev–Trinajstić information content (AvgIpc) is 2.78. The Bertz CT molecular complexity index is 483. The van der Waals surface area contributed by atoms with E-state index in [1.807, 2.05) is 11.8 Å². The molecule has 0 aromatic carbocycles. The van der Waals surface area contributed by atoms with Gasteiger partial charge in [-0.15, -0.1) is 0 Å². The van der Waals surface area contributed by atoms with Crippen molar-refractivity contribution in [3.8, 4) is 0 Å². The molecule has 3 rings (SSSR count). The van der Waals surface area contributed by atoms with Crippen LogP contribution in [0.25, 0.3) is 0 Å². The number of rotatable bonds is 1. The summed E-state index contributed by atoms with van der Waals surface area (Å²) in [5, 5.41) is 6.82. The molecule has 0 radical (unpaired) electrons. The summed E-state index contributed by atoms with van der Waals surface area (Å²) in [6.45, 7) is 3.06. The van der Waals surface area contributed by atoms with Gasteiger partial charge in [-0.05, 0) is 19.8 Å². The lowest BCUT2D eigenvalue weighted by atomic mass is 9.90. The van der Waals surface area contributed by atoms with Crippen molar-refractivity contribution in [3.05, 3.63) is 11.4 Å². The van der Waals surface area contributed by atoms with E-state index >= 15 is 0 Å². The Labute approximate surface area is 112 Å². The minimum Gasteiger partial charge on any atom is -0.395 e. The van der Waals surface area contributed by atoms with Gasteiger partial charge >= 0.3 is 0 Å². The lowest BCUT2D eigenvalue weighted by molar-refractivity contribution is -0.0754. The normalized spacial score (nSPS) is 27.1. The Morgan fingerprint density at radius 1 is 1.47 bits per heavy atom. The third-order valence-electron chi connectivity index (χ3n) is 4.19. The summed E-state index contributed by atoms with van der Waals surface area (Å²) in [6, 6.07) is 0.186. The summed E-state index contributed by atoms with van der Waals surface area (Å²) in [5.74, 6) is -0.0675. The number of fused-ring (bicyclic) bond motifs is 1. The second kappa shape index (κ2) is 4.85. The van der Waals surface area contributed by atoms with Gasteiger partial charge in [-0.2, -0.15) is 5.10 Å². The van der Waals surface area contributed by atoms with E-state index in [1.165, 1.54) is 6.42 Å². The third-order valence-corrected chi connectivity index (χ3v) is 4.19. The Balaban J connectivity index is 1.84. The summed E-state index contributed by atoms with van der Waals surface area (Å²) in [6.07, 6.45) is 4.59. The lowest BCUT2D eigenvalue weighted by Gasteiger charge is -2.43. The molecule has 1 aromatic heterocycles. The van der Waals surface area contributed by atoms with E-state index in [1.54, 1.807) is 0 Å². The van der Waals surface area contributed by atoms with E-state index in [0.29, 0.717) is 24.5 Å². The van der Waals surface area contributed by atoms with Crippen LogP contribution < -0.4 is 5.73 Å². The smallest absolute Gasteiger partial charge is 0.276 e. The molecular weight excluding hydrogens is 244 g/mol. The van der Waals surface area contributed by atoms with E-state index in [0.717, 1.165) is 25.0 Å². The largest absolute Gasteiger partial charge is 0.395 e. The van der Waals surface area contributed by atoms with Crippen LogP contribution in [0.5, 0.6) is 0 Å². The minimum absolute atomic E-state index is 0.0675. The van der Waals surface area contributed by atoms with Crippen molar-refractivity contribution in [2.24, 2.45) is 0 Å². The predicted molar refractivity (Wildman–Crippen MR) is 70.8 cm³/mol. The molecule has 6 heteroatoms. The molecule has 1 aliphatic carbocycles. The summed E-state index contributed by atoms with van der Waals surface area (Å²) in [7, 11) is 0. The zero-order valence-electron chi connectivity index (χ0n) is 11.2. The van der Waals surface area contributed by atoms with Crippen LogP contribution in [0.1, 0.15) is 41.9 Å². The number of aromatic nitrogens is 2. The first-order chi connectivity index (χ1) is 9.18. The van der Waals surface area contributed by atoms with Gasteiger partial charge in [0.1, 0.15) is 0 Å². The monoisotopic (exact) mass is 264 g/mol. The molecule has 1 aromatic rings.